The van der Waals surface area contributed by atoms with Crippen LogP contribution >= 0.6 is 0 Å². The molecule has 1 aromatic heterocycles. The van der Waals surface area contributed by atoms with Crippen molar-refractivity contribution < 1.29 is 9.47 Å². The maximum atomic E-state index is 5.40. The summed E-state index contributed by atoms with van der Waals surface area (Å²) in [6, 6.07) is 14.6. The Kier molecular flexibility index (Phi) is 4.36. The molecule has 2 heterocycles. The van der Waals surface area contributed by atoms with Crippen molar-refractivity contribution in [3.8, 4) is 11.5 Å². The summed E-state index contributed by atoms with van der Waals surface area (Å²) in [5, 5.41) is 1.28. The highest BCUT2D eigenvalue weighted by Gasteiger charge is 2.26. The number of hydrogen-bond acceptors (Lipinski definition) is 3. The normalized spacial score (nSPS) is 17.9. The van der Waals surface area contributed by atoms with Crippen LogP contribution in [0.25, 0.3) is 10.9 Å². The molecular formula is C21H24N2O2. The summed E-state index contributed by atoms with van der Waals surface area (Å²) in [5.41, 5.74) is 3.89. The van der Waals surface area contributed by atoms with Crippen LogP contribution in [0.2, 0.25) is 0 Å². The van der Waals surface area contributed by atoms with Crippen molar-refractivity contribution in [1.82, 2.24) is 9.88 Å². The molecular weight excluding hydrogens is 312 g/mol. The molecule has 3 aromatic rings. The van der Waals surface area contributed by atoms with Gasteiger partial charge in [-0.05, 0) is 60.3 Å². The number of rotatable bonds is 5. The van der Waals surface area contributed by atoms with Gasteiger partial charge >= 0.3 is 0 Å². The first-order valence-electron chi connectivity index (χ1n) is 8.77. The lowest BCUT2D eigenvalue weighted by molar-refractivity contribution is 0.326. The van der Waals surface area contributed by atoms with Gasteiger partial charge in [-0.15, -0.1) is 0 Å². The fourth-order valence-corrected chi connectivity index (χ4v) is 3.85. The van der Waals surface area contributed by atoms with E-state index in [-0.39, 0.29) is 0 Å². The Labute approximate surface area is 148 Å². The van der Waals surface area contributed by atoms with Gasteiger partial charge in [0.15, 0.2) is 0 Å². The average molecular weight is 336 g/mol. The van der Waals surface area contributed by atoms with Crippen LogP contribution in [0.4, 0.5) is 0 Å². The van der Waals surface area contributed by atoms with Crippen molar-refractivity contribution in [2.24, 2.45) is 0 Å². The summed E-state index contributed by atoms with van der Waals surface area (Å²) in [6.07, 6.45) is 3.36. The van der Waals surface area contributed by atoms with E-state index in [2.05, 4.69) is 46.4 Å². The van der Waals surface area contributed by atoms with Gasteiger partial charge in [-0.3, -0.25) is 4.90 Å². The third kappa shape index (κ3) is 3.22. The van der Waals surface area contributed by atoms with E-state index in [1.54, 1.807) is 14.2 Å². The number of hydrogen-bond donors (Lipinski definition) is 1. The molecule has 0 amide bonds. The fourth-order valence-electron chi connectivity index (χ4n) is 3.85. The van der Waals surface area contributed by atoms with E-state index < -0.39 is 0 Å². The minimum Gasteiger partial charge on any atom is -0.497 e. The first kappa shape index (κ1) is 16.0. The Bertz CT molecular complexity index is 871. The third-order valence-electron chi connectivity index (χ3n) is 5.17. The van der Waals surface area contributed by atoms with Gasteiger partial charge in [-0.25, -0.2) is 0 Å². The van der Waals surface area contributed by atoms with Crippen molar-refractivity contribution in [3.63, 3.8) is 0 Å². The summed E-state index contributed by atoms with van der Waals surface area (Å²) < 4.78 is 10.7. The number of likely N-dealkylation sites (tertiary alicyclic amines) is 1. The van der Waals surface area contributed by atoms with Gasteiger partial charge in [0.1, 0.15) is 11.5 Å². The molecule has 130 valence electrons. The molecule has 4 nitrogen and oxygen atoms in total. The molecule has 1 unspecified atom stereocenters. The molecule has 0 saturated carbocycles. The summed E-state index contributed by atoms with van der Waals surface area (Å²) >= 11 is 0. The third-order valence-corrected chi connectivity index (χ3v) is 5.17. The zero-order valence-corrected chi connectivity index (χ0v) is 14.8. The van der Waals surface area contributed by atoms with Gasteiger partial charge < -0.3 is 14.5 Å². The minimum absolute atomic E-state index is 0.562. The van der Waals surface area contributed by atoms with E-state index in [0.29, 0.717) is 5.92 Å². The first-order chi connectivity index (χ1) is 12.3. The molecule has 1 saturated heterocycles. The molecule has 1 aliphatic rings. The lowest BCUT2D eigenvalue weighted by Crippen LogP contribution is -2.19. The summed E-state index contributed by atoms with van der Waals surface area (Å²) in [7, 11) is 3.44. The largest absolute Gasteiger partial charge is 0.497 e. The van der Waals surface area contributed by atoms with Gasteiger partial charge in [-0.1, -0.05) is 12.1 Å². The zero-order chi connectivity index (χ0) is 17.2. The van der Waals surface area contributed by atoms with Crippen molar-refractivity contribution in [1.29, 1.82) is 0 Å². The van der Waals surface area contributed by atoms with E-state index >= 15 is 0 Å². The number of fused-ring (bicyclic) bond motifs is 1. The smallest absolute Gasteiger partial charge is 0.119 e. The van der Waals surface area contributed by atoms with Crippen LogP contribution in [-0.2, 0) is 6.54 Å². The molecule has 4 heteroatoms. The molecule has 1 aliphatic heterocycles. The molecule has 25 heavy (non-hydrogen) atoms. The number of nitrogens with one attached hydrogen (secondary N) is 1. The van der Waals surface area contributed by atoms with Gasteiger partial charge in [0, 0.05) is 30.2 Å². The lowest BCUT2D eigenvalue weighted by Gasteiger charge is -2.16. The SMILES string of the molecule is COc1cccc(CN2CCC(c3c[nH]c4ccc(OC)cc34)C2)c1. The van der Waals surface area contributed by atoms with Crippen molar-refractivity contribution in [3.05, 3.63) is 59.8 Å². The monoisotopic (exact) mass is 336 g/mol. The van der Waals surface area contributed by atoms with Crippen LogP contribution in [0.5, 0.6) is 11.5 Å². The number of ether oxygens (including phenoxy) is 2. The predicted octanol–water partition coefficient (Wildman–Crippen LogP) is 4.17. The molecule has 1 fully saturated rings. The van der Waals surface area contributed by atoms with E-state index in [4.69, 9.17) is 9.47 Å². The van der Waals surface area contributed by atoms with Gasteiger partial charge in [-0.2, -0.15) is 0 Å². The highest BCUT2D eigenvalue weighted by molar-refractivity contribution is 5.85. The van der Waals surface area contributed by atoms with Crippen molar-refractivity contribution in [2.75, 3.05) is 27.3 Å². The molecule has 0 aliphatic carbocycles. The molecule has 1 N–H and O–H groups in total. The van der Waals surface area contributed by atoms with Crippen LogP contribution in [0, 0.1) is 0 Å². The van der Waals surface area contributed by atoms with E-state index in [1.165, 1.54) is 28.5 Å². The Balaban J connectivity index is 1.50. The summed E-state index contributed by atoms with van der Waals surface area (Å²) in [5.74, 6) is 2.41. The number of H-pyrrole nitrogens is 1. The zero-order valence-electron chi connectivity index (χ0n) is 14.8. The lowest BCUT2D eigenvalue weighted by atomic mass is 9.98. The summed E-state index contributed by atoms with van der Waals surface area (Å²) in [4.78, 5) is 5.93. The Morgan fingerprint density at radius 1 is 1.08 bits per heavy atom. The number of aromatic amines is 1. The second-order valence-corrected chi connectivity index (χ2v) is 6.73. The van der Waals surface area contributed by atoms with Crippen molar-refractivity contribution in [2.45, 2.75) is 18.9 Å². The summed E-state index contributed by atoms with van der Waals surface area (Å²) in [6.45, 7) is 3.18. The average Bonchev–Trinajstić information content (AvgIpc) is 3.27. The molecule has 0 radical (unpaired) electrons. The van der Waals surface area contributed by atoms with Gasteiger partial charge in [0.2, 0.25) is 0 Å². The number of methoxy groups -OCH3 is 2. The van der Waals surface area contributed by atoms with Gasteiger partial charge in [0.05, 0.1) is 14.2 Å². The highest BCUT2D eigenvalue weighted by atomic mass is 16.5. The maximum Gasteiger partial charge on any atom is 0.119 e. The predicted molar refractivity (Wildman–Crippen MR) is 100 cm³/mol. The molecule has 0 spiro atoms. The van der Waals surface area contributed by atoms with Crippen LogP contribution < -0.4 is 9.47 Å². The second kappa shape index (κ2) is 6.81. The Hall–Kier alpha value is -2.46. The quantitative estimate of drug-likeness (QED) is 0.760. The first-order valence-corrected chi connectivity index (χ1v) is 8.77. The second-order valence-electron chi connectivity index (χ2n) is 6.73. The van der Waals surface area contributed by atoms with Crippen LogP contribution in [0.3, 0.4) is 0 Å². The molecule has 4 rings (SSSR count). The van der Waals surface area contributed by atoms with Gasteiger partial charge in [0.25, 0.3) is 0 Å². The van der Waals surface area contributed by atoms with E-state index in [9.17, 15) is 0 Å². The molecule has 2 aromatic carbocycles. The Morgan fingerprint density at radius 3 is 2.76 bits per heavy atom. The molecule has 1 atom stereocenters. The van der Waals surface area contributed by atoms with Crippen molar-refractivity contribution >= 4 is 10.9 Å². The minimum atomic E-state index is 0.562. The fraction of sp³-hybridized carbons (Fsp3) is 0.333. The van der Waals surface area contributed by atoms with Crippen LogP contribution in [0.1, 0.15) is 23.5 Å². The van der Waals surface area contributed by atoms with E-state index in [1.807, 2.05) is 12.1 Å². The van der Waals surface area contributed by atoms with Crippen LogP contribution in [0.15, 0.2) is 48.7 Å². The molecule has 0 bridgehead atoms. The maximum absolute atomic E-state index is 5.40. The Morgan fingerprint density at radius 2 is 1.92 bits per heavy atom. The topological polar surface area (TPSA) is 37.5 Å². The standard InChI is InChI=1S/C21H24N2O2/c1-24-17-5-3-4-15(10-17)13-23-9-8-16(14-23)20-12-22-21-7-6-18(25-2)11-19(20)21/h3-7,10-12,16,22H,8-9,13-14H2,1-2H3. The number of nitrogens with zero attached hydrogens (tertiary/aromatic N) is 1. The number of aromatic nitrogens is 1. The number of benzene rings is 2. The highest BCUT2D eigenvalue weighted by Crippen LogP contribution is 2.34. The van der Waals surface area contributed by atoms with E-state index in [0.717, 1.165) is 31.1 Å². The van der Waals surface area contributed by atoms with Crippen LogP contribution in [-0.4, -0.2) is 37.2 Å².